The van der Waals surface area contributed by atoms with Crippen molar-refractivity contribution in [3.05, 3.63) is 97.6 Å². The van der Waals surface area contributed by atoms with Crippen LogP contribution in [0.5, 0.6) is 11.5 Å². The molecule has 0 atom stereocenters. The average molecular weight is 475 g/mol. The second-order valence-electron chi connectivity index (χ2n) is 8.08. The van der Waals surface area contributed by atoms with Gasteiger partial charge in [-0.1, -0.05) is 35.6 Å². The van der Waals surface area contributed by atoms with Gasteiger partial charge in [0.2, 0.25) is 0 Å². The number of imidazole rings is 1. The van der Waals surface area contributed by atoms with Gasteiger partial charge in [0.15, 0.2) is 16.5 Å². The number of halogens is 1. The molecule has 34 heavy (non-hydrogen) atoms. The minimum absolute atomic E-state index is 0.0830. The molecular weight excluding hydrogens is 451 g/mol. The van der Waals surface area contributed by atoms with E-state index in [0.717, 1.165) is 33.3 Å². The minimum Gasteiger partial charge on any atom is -0.490 e. The molecule has 0 amide bonds. The summed E-state index contributed by atoms with van der Waals surface area (Å²) >= 11 is 1.37. The van der Waals surface area contributed by atoms with E-state index in [4.69, 9.17) is 14.5 Å². The summed E-state index contributed by atoms with van der Waals surface area (Å²) in [5.41, 5.74) is 5.55. The fourth-order valence-electron chi connectivity index (χ4n) is 3.86. The Kier molecular flexibility index (Phi) is 5.79. The second kappa shape index (κ2) is 8.91. The Hall–Kier alpha value is -3.71. The van der Waals surface area contributed by atoms with E-state index in [0.29, 0.717) is 34.2 Å². The van der Waals surface area contributed by atoms with E-state index >= 15 is 0 Å². The third-order valence-electron chi connectivity index (χ3n) is 5.81. The largest absolute Gasteiger partial charge is 0.490 e. The quantitative estimate of drug-likeness (QED) is 0.340. The summed E-state index contributed by atoms with van der Waals surface area (Å²) in [6.45, 7) is 6.74. The summed E-state index contributed by atoms with van der Waals surface area (Å²) < 4.78 is 27.1. The van der Waals surface area contributed by atoms with E-state index in [1.54, 1.807) is 16.5 Å². The lowest BCUT2D eigenvalue weighted by Gasteiger charge is -2.12. The van der Waals surface area contributed by atoms with Gasteiger partial charge in [-0.2, -0.15) is 0 Å². The highest BCUT2D eigenvalue weighted by molar-refractivity contribution is 7.15. The topological polar surface area (TPSA) is 52.8 Å². The number of aryl methyl sites for hydroxylation is 2. The van der Waals surface area contributed by atoms with Gasteiger partial charge in [-0.15, -0.1) is 0 Å². The van der Waals surface area contributed by atoms with Gasteiger partial charge in [0.05, 0.1) is 22.2 Å². The third kappa shape index (κ3) is 4.03. The molecule has 0 unspecified atom stereocenters. The number of hydrogen-bond donors (Lipinski definition) is 0. The van der Waals surface area contributed by atoms with Gasteiger partial charge in [0.25, 0.3) is 5.56 Å². The van der Waals surface area contributed by atoms with Gasteiger partial charge in [0, 0.05) is 0 Å². The van der Waals surface area contributed by atoms with E-state index in [9.17, 15) is 9.18 Å². The molecule has 2 heterocycles. The van der Waals surface area contributed by atoms with Crippen molar-refractivity contribution in [3.63, 3.8) is 0 Å². The number of hydrogen-bond acceptors (Lipinski definition) is 5. The smallest absolute Gasteiger partial charge is 0.274 e. The van der Waals surface area contributed by atoms with Crippen LogP contribution in [0.1, 0.15) is 29.2 Å². The van der Waals surface area contributed by atoms with E-state index < -0.39 is 0 Å². The molecule has 3 aromatic carbocycles. The average Bonchev–Trinajstić information content (AvgIpc) is 3.34. The highest BCUT2D eigenvalue weighted by Gasteiger charge is 2.14. The van der Waals surface area contributed by atoms with E-state index in [2.05, 4.69) is 0 Å². The molecule has 0 radical (unpaired) electrons. The fraction of sp³-hybridized carbons (Fsp3) is 0.185. The maximum absolute atomic E-state index is 13.2. The monoisotopic (exact) mass is 474 g/mol. The molecule has 0 saturated carbocycles. The van der Waals surface area contributed by atoms with Crippen LogP contribution in [0.25, 0.3) is 22.1 Å². The van der Waals surface area contributed by atoms with Crippen molar-refractivity contribution >= 4 is 33.4 Å². The Balaban J connectivity index is 1.49. The van der Waals surface area contributed by atoms with Crippen molar-refractivity contribution in [2.75, 3.05) is 6.61 Å². The number of ether oxygens (including phenoxy) is 2. The van der Waals surface area contributed by atoms with Crippen LogP contribution in [-0.2, 0) is 6.61 Å². The van der Waals surface area contributed by atoms with Crippen LogP contribution in [0.3, 0.4) is 0 Å². The molecule has 0 aliphatic heterocycles. The molecule has 172 valence electrons. The number of nitrogens with zero attached hydrogens (tertiary/aromatic N) is 2. The second-order valence-corrected chi connectivity index (χ2v) is 9.08. The van der Waals surface area contributed by atoms with Crippen molar-refractivity contribution in [2.24, 2.45) is 0 Å². The summed E-state index contributed by atoms with van der Waals surface area (Å²) in [6.07, 6.45) is 1.85. The molecule has 2 aromatic heterocycles. The number of thiazole rings is 1. The Bertz CT molecular complexity index is 1620. The van der Waals surface area contributed by atoms with E-state index in [-0.39, 0.29) is 11.4 Å². The zero-order valence-corrected chi connectivity index (χ0v) is 19.9. The predicted octanol–water partition coefficient (Wildman–Crippen LogP) is 5.19. The van der Waals surface area contributed by atoms with Gasteiger partial charge in [-0.3, -0.25) is 4.79 Å². The van der Waals surface area contributed by atoms with Crippen molar-refractivity contribution in [2.45, 2.75) is 27.4 Å². The molecule has 7 heteroatoms. The summed E-state index contributed by atoms with van der Waals surface area (Å²) in [5.74, 6) is 0.892. The minimum atomic E-state index is -0.282. The molecule has 5 nitrogen and oxygen atoms in total. The summed E-state index contributed by atoms with van der Waals surface area (Å²) in [5, 5.41) is 0. The van der Waals surface area contributed by atoms with E-state index in [1.165, 1.54) is 23.5 Å². The number of fused-ring (bicyclic) bond motifs is 3. The van der Waals surface area contributed by atoms with Crippen molar-refractivity contribution in [1.29, 1.82) is 0 Å². The molecule has 5 aromatic rings. The van der Waals surface area contributed by atoms with Gasteiger partial charge >= 0.3 is 0 Å². The first-order chi connectivity index (χ1) is 16.4. The van der Waals surface area contributed by atoms with Crippen LogP contribution in [-0.4, -0.2) is 16.0 Å². The first-order valence-corrected chi connectivity index (χ1v) is 11.8. The van der Waals surface area contributed by atoms with Crippen LogP contribution in [0.4, 0.5) is 4.39 Å². The first kappa shape index (κ1) is 22.1. The molecule has 5 rings (SSSR count). The molecular formula is C27H23FN2O3S. The van der Waals surface area contributed by atoms with Gasteiger partial charge in [-0.05, 0) is 79.4 Å². The van der Waals surface area contributed by atoms with Gasteiger partial charge < -0.3 is 9.47 Å². The normalized spacial score (nSPS) is 12.1. The van der Waals surface area contributed by atoms with Crippen LogP contribution in [0.15, 0.2) is 59.4 Å². The van der Waals surface area contributed by atoms with Gasteiger partial charge in [0.1, 0.15) is 12.4 Å². The highest BCUT2D eigenvalue weighted by atomic mass is 32.1. The first-order valence-electron chi connectivity index (χ1n) is 11.0. The zero-order chi connectivity index (χ0) is 23.8. The maximum Gasteiger partial charge on any atom is 0.274 e. The molecule has 0 N–H and O–H groups in total. The Labute approximate surface area is 199 Å². The molecule has 0 fully saturated rings. The highest BCUT2D eigenvalue weighted by Crippen LogP contribution is 2.30. The standard InChI is InChI=1S/C27H23FN2O3S/c1-4-32-23-13-19(8-12-22(23)33-15-18-6-9-20(28)10-7-18)14-24-26(31)30-21-11-5-16(2)17(3)25(21)29-27(30)34-24/h5-14H,4,15H2,1-3H3. The number of aromatic nitrogens is 2. The summed E-state index contributed by atoms with van der Waals surface area (Å²) in [6, 6.07) is 15.7. The Morgan fingerprint density at radius 1 is 1.03 bits per heavy atom. The van der Waals surface area contributed by atoms with Crippen LogP contribution in [0, 0.1) is 19.7 Å². The fourth-order valence-corrected chi connectivity index (χ4v) is 4.84. The Morgan fingerprint density at radius 2 is 1.82 bits per heavy atom. The maximum atomic E-state index is 13.2. The van der Waals surface area contributed by atoms with Crippen molar-refractivity contribution in [1.82, 2.24) is 9.38 Å². The zero-order valence-electron chi connectivity index (χ0n) is 19.1. The number of benzene rings is 3. The molecule has 0 spiro atoms. The lowest BCUT2D eigenvalue weighted by molar-refractivity contribution is 0.269. The number of rotatable bonds is 6. The van der Waals surface area contributed by atoms with Crippen molar-refractivity contribution in [3.8, 4) is 11.5 Å². The molecule has 0 saturated heterocycles. The van der Waals surface area contributed by atoms with Gasteiger partial charge in [-0.25, -0.2) is 13.8 Å². The lowest BCUT2D eigenvalue weighted by Crippen LogP contribution is -2.22. The van der Waals surface area contributed by atoms with Crippen molar-refractivity contribution < 1.29 is 13.9 Å². The molecule has 0 aliphatic carbocycles. The van der Waals surface area contributed by atoms with E-state index in [1.807, 2.05) is 57.2 Å². The SMILES string of the molecule is CCOc1cc(C=c2sc3nc4c(C)c(C)ccc4n3c2=O)ccc1OCc1ccc(F)cc1. The summed E-state index contributed by atoms with van der Waals surface area (Å²) in [4.78, 5) is 18.6. The van der Waals surface area contributed by atoms with Crippen LogP contribution in [0.2, 0.25) is 0 Å². The molecule has 0 bridgehead atoms. The summed E-state index contributed by atoms with van der Waals surface area (Å²) in [7, 11) is 0. The van der Waals surface area contributed by atoms with Crippen LogP contribution < -0.4 is 19.6 Å². The third-order valence-corrected chi connectivity index (χ3v) is 6.78. The predicted molar refractivity (Wildman–Crippen MR) is 133 cm³/mol. The Morgan fingerprint density at radius 3 is 2.59 bits per heavy atom. The van der Waals surface area contributed by atoms with Crippen LogP contribution >= 0.6 is 11.3 Å². The molecule has 0 aliphatic rings. The lowest BCUT2D eigenvalue weighted by atomic mass is 10.1.